The second-order valence-corrected chi connectivity index (χ2v) is 5.59. The number of hydrogen-bond donors (Lipinski definition) is 1. The highest BCUT2D eigenvalue weighted by Gasteiger charge is 2.04. The molecule has 0 amide bonds. The number of nitrogens with one attached hydrogen (secondary N) is 1. The summed E-state index contributed by atoms with van der Waals surface area (Å²) in [6.07, 6.45) is 0. The summed E-state index contributed by atoms with van der Waals surface area (Å²) in [5.74, 6) is 1.42. The summed E-state index contributed by atoms with van der Waals surface area (Å²) in [4.78, 5) is 0. The Balaban J connectivity index is 2.04. The van der Waals surface area contributed by atoms with Crippen LogP contribution in [0, 0.1) is 6.92 Å². The maximum Gasteiger partial charge on any atom is 0.161 e. The van der Waals surface area contributed by atoms with Crippen LogP contribution in [0.3, 0.4) is 0 Å². The zero-order valence-corrected chi connectivity index (χ0v) is 14.6. The summed E-state index contributed by atoms with van der Waals surface area (Å²) in [5.41, 5.74) is 7.14. The fourth-order valence-electron chi connectivity index (χ4n) is 2.17. The average Bonchev–Trinajstić information content (AvgIpc) is 2.57. The molecule has 0 atom stereocenters. The van der Waals surface area contributed by atoms with E-state index in [0.717, 1.165) is 27.4 Å². The molecule has 2 aromatic carbocycles. The second kappa shape index (κ2) is 7.88. The van der Waals surface area contributed by atoms with Crippen LogP contribution in [0.2, 0.25) is 5.02 Å². The first-order valence-corrected chi connectivity index (χ1v) is 7.67. The van der Waals surface area contributed by atoms with Gasteiger partial charge in [0, 0.05) is 5.02 Å². The maximum atomic E-state index is 6.05. The molecule has 0 aromatic heterocycles. The minimum Gasteiger partial charge on any atom is -0.493 e. The van der Waals surface area contributed by atoms with Gasteiger partial charge in [-0.3, -0.25) is 0 Å². The summed E-state index contributed by atoms with van der Waals surface area (Å²) in [7, 11) is 3.25. The largest absolute Gasteiger partial charge is 0.493 e. The Morgan fingerprint density at radius 1 is 1.09 bits per heavy atom. The number of nitrogens with zero attached hydrogens (tertiary/aromatic N) is 1. The van der Waals surface area contributed by atoms with Gasteiger partial charge in [0.1, 0.15) is 0 Å². The fourth-order valence-corrected chi connectivity index (χ4v) is 2.29. The first kappa shape index (κ1) is 17.2. The van der Waals surface area contributed by atoms with Crippen LogP contribution in [-0.2, 0) is 6.54 Å². The topological polar surface area (TPSA) is 42.8 Å². The van der Waals surface area contributed by atoms with Gasteiger partial charge in [0.2, 0.25) is 0 Å². The summed E-state index contributed by atoms with van der Waals surface area (Å²) >= 11 is 6.05. The highest BCUT2D eigenvalue weighted by molar-refractivity contribution is 6.31. The van der Waals surface area contributed by atoms with Gasteiger partial charge in [-0.2, -0.15) is 5.10 Å². The van der Waals surface area contributed by atoms with Crippen molar-refractivity contribution in [3.8, 4) is 11.5 Å². The third-order valence-corrected chi connectivity index (χ3v) is 3.98. The van der Waals surface area contributed by atoms with Crippen LogP contribution in [0.25, 0.3) is 0 Å². The van der Waals surface area contributed by atoms with Gasteiger partial charge in [-0.15, -0.1) is 0 Å². The minimum absolute atomic E-state index is 0.601. The van der Waals surface area contributed by atoms with Crippen molar-refractivity contribution in [3.63, 3.8) is 0 Å². The summed E-state index contributed by atoms with van der Waals surface area (Å²) < 4.78 is 10.5. The fraction of sp³-hybridized carbons (Fsp3) is 0.278. The van der Waals surface area contributed by atoms with Gasteiger partial charge < -0.3 is 14.9 Å². The first-order valence-electron chi connectivity index (χ1n) is 7.29. The van der Waals surface area contributed by atoms with Crippen LogP contribution in [0.5, 0.6) is 11.5 Å². The van der Waals surface area contributed by atoms with E-state index in [4.69, 9.17) is 21.1 Å². The van der Waals surface area contributed by atoms with E-state index in [0.29, 0.717) is 18.0 Å². The van der Waals surface area contributed by atoms with E-state index < -0.39 is 0 Å². The highest BCUT2D eigenvalue weighted by Crippen LogP contribution is 2.27. The predicted octanol–water partition coefficient (Wildman–Crippen LogP) is 4.18. The van der Waals surface area contributed by atoms with Crippen LogP contribution < -0.4 is 14.9 Å². The molecule has 2 aromatic rings. The van der Waals surface area contributed by atoms with Gasteiger partial charge >= 0.3 is 0 Å². The normalized spacial score (nSPS) is 11.3. The maximum absolute atomic E-state index is 6.05. The Bertz CT molecular complexity index is 714. The molecular formula is C18H21ClN2O2. The van der Waals surface area contributed by atoms with Crippen LogP contribution in [0.1, 0.15) is 23.6 Å². The summed E-state index contributed by atoms with van der Waals surface area (Å²) in [5, 5.41) is 5.17. The third-order valence-electron chi connectivity index (χ3n) is 3.55. The molecule has 0 saturated heterocycles. The lowest BCUT2D eigenvalue weighted by atomic mass is 10.1. The van der Waals surface area contributed by atoms with Crippen LogP contribution in [0.15, 0.2) is 41.5 Å². The zero-order chi connectivity index (χ0) is 16.8. The van der Waals surface area contributed by atoms with Gasteiger partial charge in [0.15, 0.2) is 11.5 Å². The van der Waals surface area contributed by atoms with Gasteiger partial charge in [-0.1, -0.05) is 23.7 Å². The lowest BCUT2D eigenvalue weighted by molar-refractivity contribution is 0.354. The quantitative estimate of drug-likeness (QED) is 0.637. The van der Waals surface area contributed by atoms with Crippen molar-refractivity contribution in [1.82, 2.24) is 5.43 Å². The Kier molecular flexibility index (Phi) is 5.88. The van der Waals surface area contributed by atoms with E-state index in [1.54, 1.807) is 14.2 Å². The molecule has 0 unspecified atom stereocenters. The lowest BCUT2D eigenvalue weighted by Gasteiger charge is -2.10. The van der Waals surface area contributed by atoms with Crippen molar-refractivity contribution >= 4 is 17.3 Å². The average molecular weight is 333 g/mol. The van der Waals surface area contributed by atoms with Crippen LogP contribution in [-0.4, -0.2) is 19.9 Å². The van der Waals surface area contributed by atoms with Crippen LogP contribution >= 0.6 is 11.6 Å². The molecule has 0 aliphatic carbocycles. The highest BCUT2D eigenvalue weighted by atomic mass is 35.5. The number of halogens is 1. The molecule has 4 nitrogen and oxygen atoms in total. The number of benzene rings is 2. The van der Waals surface area contributed by atoms with Gasteiger partial charge in [-0.05, 0) is 54.8 Å². The van der Waals surface area contributed by atoms with Crippen molar-refractivity contribution in [2.75, 3.05) is 14.2 Å². The first-order chi connectivity index (χ1) is 11.0. The van der Waals surface area contributed by atoms with Gasteiger partial charge in [0.05, 0.1) is 26.5 Å². The zero-order valence-electron chi connectivity index (χ0n) is 13.8. The second-order valence-electron chi connectivity index (χ2n) is 5.19. The molecule has 0 spiro atoms. The smallest absolute Gasteiger partial charge is 0.161 e. The van der Waals surface area contributed by atoms with Crippen molar-refractivity contribution in [1.29, 1.82) is 0 Å². The molecule has 0 radical (unpaired) electrons. The molecule has 122 valence electrons. The molecule has 5 heteroatoms. The third kappa shape index (κ3) is 4.39. The van der Waals surface area contributed by atoms with Crippen molar-refractivity contribution in [2.24, 2.45) is 5.10 Å². The molecule has 0 bridgehead atoms. The van der Waals surface area contributed by atoms with Gasteiger partial charge in [0.25, 0.3) is 0 Å². The predicted molar refractivity (Wildman–Crippen MR) is 94.8 cm³/mol. The molecule has 1 N–H and O–H groups in total. The SMILES string of the molecule is COc1ccc(CN/N=C(/C)c2ccc(Cl)c(C)c2)cc1OC. The summed E-state index contributed by atoms with van der Waals surface area (Å²) in [6, 6.07) is 11.7. The number of hydrazone groups is 1. The minimum atomic E-state index is 0.601. The van der Waals surface area contributed by atoms with Crippen molar-refractivity contribution in [2.45, 2.75) is 20.4 Å². The molecule has 0 fully saturated rings. The van der Waals surface area contributed by atoms with E-state index in [1.165, 1.54) is 0 Å². The van der Waals surface area contributed by atoms with Crippen LogP contribution in [0.4, 0.5) is 0 Å². The van der Waals surface area contributed by atoms with E-state index >= 15 is 0 Å². The Morgan fingerprint density at radius 2 is 1.83 bits per heavy atom. The number of rotatable bonds is 6. The van der Waals surface area contributed by atoms with E-state index in [-0.39, 0.29) is 0 Å². The molecular weight excluding hydrogens is 312 g/mol. The Hall–Kier alpha value is -2.20. The lowest BCUT2D eigenvalue weighted by Crippen LogP contribution is -2.09. The van der Waals surface area contributed by atoms with Gasteiger partial charge in [-0.25, -0.2) is 0 Å². The van der Waals surface area contributed by atoms with E-state index in [2.05, 4.69) is 10.5 Å². The van der Waals surface area contributed by atoms with Crippen molar-refractivity contribution < 1.29 is 9.47 Å². The Morgan fingerprint density at radius 3 is 2.48 bits per heavy atom. The number of methoxy groups -OCH3 is 2. The van der Waals surface area contributed by atoms with Crippen molar-refractivity contribution in [3.05, 3.63) is 58.1 Å². The Labute approximate surface area is 142 Å². The molecule has 0 saturated carbocycles. The number of hydrogen-bond acceptors (Lipinski definition) is 4. The standard InChI is InChI=1S/C18H21ClN2O2/c1-12-9-15(6-7-16(12)19)13(2)21-20-11-14-5-8-17(22-3)18(10-14)23-4/h5-10,20H,11H2,1-4H3/b21-13-. The molecule has 2 rings (SSSR count). The monoisotopic (exact) mass is 332 g/mol. The molecule has 0 aliphatic rings. The number of ether oxygens (including phenoxy) is 2. The van der Waals surface area contributed by atoms with E-state index in [9.17, 15) is 0 Å². The molecule has 0 aliphatic heterocycles. The van der Waals surface area contributed by atoms with E-state index in [1.807, 2.05) is 50.2 Å². The summed E-state index contributed by atoms with van der Waals surface area (Å²) in [6.45, 7) is 4.55. The number of aryl methyl sites for hydroxylation is 1. The molecule has 23 heavy (non-hydrogen) atoms. The molecule has 0 heterocycles.